The number of nitrogens with zero attached hydrogens (tertiary/aromatic N) is 1. The number of hydrazine groups is 1. The average Bonchev–Trinajstić information content (AvgIpc) is 2.98. The van der Waals surface area contributed by atoms with E-state index < -0.39 is 17.4 Å². The summed E-state index contributed by atoms with van der Waals surface area (Å²) in [7, 11) is 0. The molecule has 2 heterocycles. The van der Waals surface area contributed by atoms with E-state index in [2.05, 4.69) is 10.9 Å². The zero-order chi connectivity index (χ0) is 17.8. The molecule has 128 valence electrons. The minimum atomic E-state index is -3.36. The van der Waals surface area contributed by atoms with Crippen molar-refractivity contribution in [2.24, 2.45) is 0 Å². The van der Waals surface area contributed by atoms with Crippen LogP contribution in [0.25, 0.3) is 18.0 Å². The van der Waals surface area contributed by atoms with Crippen LogP contribution in [0.4, 0.5) is 18.9 Å². The molecule has 2 aliphatic heterocycles. The third-order valence-corrected chi connectivity index (χ3v) is 4.19. The van der Waals surface area contributed by atoms with E-state index in [0.717, 1.165) is 17.1 Å². The van der Waals surface area contributed by atoms with Gasteiger partial charge < -0.3 is 21.1 Å². The second-order valence-electron chi connectivity index (χ2n) is 6.01. The number of alkyl halides is 2. The van der Waals surface area contributed by atoms with Gasteiger partial charge in [0.25, 0.3) is 5.92 Å². The monoisotopic (exact) mass is 344 g/mol. The molecule has 2 aromatic carbocycles. The third-order valence-electron chi connectivity index (χ3n) is 4.19. The molecule has 0 amide bonds. The van der Waals surface area contributed by atoms with Crippen LogP contribution in [0.5, 0.6) is 0 Å². The van der Waals surface area contributed by atoms with Crippen molar-refractivity contribution in [2.45, 2.75) is 12.8 Å². The fourth-order valence-electron chi connectivity index (χ4n) is 3.13. The molecule has 7 heteroatoms. The van der Waals surface area contributed by atoms with Gasteiger partial charge in [-0.15, -0.1) is 0 Å². The van der Waals surface area contributed by atoms with Crippen molar-refractivity contribution >= 4 is 23.7 Å². The predicted octanol–water partition coefficient (Wildman–Crippen LogP) is 2.46. The molecule has 0 aliphatic carbocycles. The lowest BCUT2D eigenvalue weighted by Crippen LogP contribution is -2.33. The molecule has 2 aliphatic rings. The Labute approximate surface area is 141 Å². The molecule has 25 heavy (non-hydrogen) atoms. The Morgan fingerprint density at radius 1 is 1.08 bits per heavy atom. The number of allylic oxidation sites excluding steroid dienone is 1. The number of anilines is 1. The van der Waals surface area contributed by atoms with Crippen molar-refractivity contribution in [3.8, 4) is 0 Å². The largest absolute Gasteiger partial charge is 0.754 e. The molecule has 0 unspecified atom stereocenters. The van der Waals surface area contributed by atoms with E-state index >= 15 is 0 Å². The van der Waals surface area contributed by atoms with Crippen LogP contribution < -0.4 is 21.3 Å². The van der Waals surface area contributed by atoms with Gasteiger partial charge in [0, 0.05) is 30.1 Å². The highest BCUT2D eigenvalue weighted by molar-refractivity contribution is 5.86. The van der Waals surface area contributed by atoms with E-state index in [9.17, 15) is 18.4 Å². The van der Waals surface area contributed by atoms with E-state index in [-0.39, 0.29) is 10.6 Å². The Balaban J connectivity index is 2.07. The van der Waals surface area contributed by atoms with E-state index in [1.54, 1.807) is 18.3 Å². The first-order valence-corrected chi connectivity index (χ1v) is 7.57. The summed E-state index contributed by atoms with van der Waals surface area (Å²) in [4.78, 5) is 0. The first kappa shape index (κ1) is 15.6. The Morgan fingerprint density at radius 2 is 1.80 bits per heavy atom. The number of nitrogens with one attached hydrogen (secondary N) is 2. The van der Waals surface area contributed by atoms with Crippen molar-refractivity contribution in [1.82, 2.24) is 10.5 Å². The highest BCUT2D eigenvalue weighted by atomic mass is 19.3. The maximum Gasteiger partial charge on any atom is 0.284 e. The van der Waals surface area contributed by atoms with E-state index in [1.165, 1.54) is 24.3 Å². The van der Waals surface area contributed by atoms with Gasteiger partial charge in [-0.25, -0.2) is 13.2 Å². The number of benzene rings is 2. The second-order valence-corrected chi connectivity index (χ2v) is 6.01. The molecule has 2 N–H and O–H groups in total. The molecule has 0 atom stereocenters. The topological polar surface area (TPSA) is 50.4 Å². The third kappa shape index (κ3) is 2.53. The van der Waals surface area contributed by atoms with Crippen LogP contribution in [0.15, 0.2) is 42.1 Å². The van der Waals surface area contributed by atoms with Gasteiger partial charge in [-0.1, -0.05) is 12.1 Å². The van der Waals surface area contributed by atoms with Crippen LogP contribution in [0.3, 0.4) is 0 Å². The van der Waals surface area contributed by atoms with Gasteiger partial charge in [-0.05, 0) is 40.6 Å². The molecule has 0 saturated carbocycles. The van der Waals surface area contributed by atoms with Gasteiger partial charge in [0.1, 0.15) is 5.82 Å². The molecule has 0 aromatic heterocycles. The van der Waals surface area contributed by atoms with Crippen molar-refractivity contribution in [3.63, 3.8) is 0 Å². The number of rotatable bonds is 2. The summed E-state index contributed by atoms with van der Waals surface area (Å²) >= 11 is 0. The van der Waals surface area contributed by atoms with Crippen molar-refractivity contribution in [2.75, 3.05) is 5.43 Å². The normalized spacial score (nSPS) is 15.6. The standard InChI is InChI=1S/C18H13F3N3O/c1-18(20,21)17-16(10-2-4-13(19)5-3-10)14-6-11-8-22-23-15(11)7-12(14)9-24(17)25/h2-9,22-23H,1H3/q-1. The SMILES string of the molecule is CC(F)(F)C1=C(c2ccc(F)cc2)c2cc3c(cc2=CN1[O-])NNC=3. The molecular formula is C18H13F3N3O-. The highest BCUT2D eigenvalue weighted by Crippen LogP contribution is 2.38. The van der Waals surface area contributed by atoms with Crippen LogP contribution >= 0.6 is 0 Å². The number of hydroxylamine groups is 2. The Kier molecular flexibility index (Phi) is 3.30. The van der Waals surface area contributed by atoms with E-state index in [4.69, 9.17) is 0 Å². The molecule has 0 spiro atoms. The number of fused-ring (bicyclic) bond motifs is 2. The summed E-state index contributed by atoms with van der Waals surface area (Å²) in [5.41, 5.74) is 6.77. The summed E-state index contributed by atoms with van der Waals surface area (Å²) in [5.74, 6) is -3.84. The van der Waals surface area contributed by atoms with Crippen LogP contribution in [-0.2, 0) is 0 Å². The smallest absolute Gasteiger partial charge is 0.284 e. The quantitative estimate of drug-likeness (QED) is 0.879. The van der Waals surface area contributed by atoms with Crippen LogP contribution in [0.1, 0.15) is 18.1 Å². The molecule has 0 bridgehead atoms. The lowest BCUT2D eigenvalue weighted by molar-refractivity contribution is 0.0469. The molecular weight excluding hydrogens is 331 g/mol. The molecule has 0 fully saturated rings. The summed E-state index contributed by atoms with van der Waals surface area (Å²) in [6.07, 6.45) is 2.83. The fourth-order valence-corrected chi connectivity index (χ4v) is 3.13. The maximum atomic E-state index is 14.2. The van der Waals surface area contributed by atoms with Gasteiger partial charge in [0.15, 0.2) is 0 Å². The minimum Gasteiger partial charge on any atom is -0.754 e. The lowest BCUT2D eigenvalue weighted by Gasteiger charge is -2.38. The van der Waals surface area contributed by atoms with Crippen LogP contribution in [-0.4, -0.2) is 11.0 Å². The Morgan fingerprint density at radius 3 is 2.48 bits per heavy atom. The maximum absolute atomic E-state index is 14.2. The first-order valence-electron chi connectivity index (χ1n) is 7.57. The highest BCUT2D eigenvalue weighted by Gasteiger charge is 2.34. The Hall–Kier alpha value is -2.93. The number of halogens is 3. The number of hydrogen-bond acceptors (Lipinski definition) is 4. The van der Waals surface area contributed by atoms with Crippen molar-refractivity contribution < 1.29 is 13.2 Å². The second kappa shape index (κ2) is 5.29. The van der Waals surface area contributed by atoms with E-state index in [0.29, 0.717) is 23.3 Å². The molecule has 0 saturated heterocycles. The van der Waals surface area contributed by atoms with Crippen LogP contribution in [0.2, 0.25) is 0 Å². The molecule has 0 radical (unpaired) electrons. The molecule has 2 aromatic rings. The minimum absolute atomic E-state index is 0.100. The zero-order valence-corrected chi connectivity index (χ0v) is 13.1. The fraction of sp³-hybridized carbons (Fsp3) is 0.111. The van der Waals surface area contributed by atoms with Gasteiger partial charge in [0.05, 0.1) is 11.4 Å². The van der Waals surface area contributed by atoms with E-state index in [1.807, 2.05) is 0 Å². The molecule has 4 nitrogen and oxygen atoms in total. The Bertz CT molecular complexity index is 1010. The van der Waals surface area contributed by atoms with Gasteiger partial charge >= 0.3 is 0 Å². The van der Waals surface area contributed by atoms with Crippen molar-refractivity contribution in [1.29, 1.82) is 0 Å². The van der Waals surface area contributed by atoms with Gasteiger partial charge in [-0.3, -0.25) is 0 Å². The molecule has 4 rings (SSSR count). The first-order chi connectivity index (χ1) is 11.8. The summed E-state index contributed by atoms with van der Waals surface area (Å²) in [6.45, 7) is 0.679. The van der Waals surface area contributed by atoms with Crippen molar-refractivity contribution in [3.05, 3.63) is 74.7 Å². The zero-order valence-electron chi connectivity index (χ0n) is 13.1. The summed E-state index contributed by atoms with van der Waals surface area (Å²) in [6, 6.07) is 8.60. The predicted molar refractivity (Wildman–Crippen MR) is 89.6 cm³/mol. The summed E-state index contributed by atoms with van der Waals surface area (Å²) in [5, 5.41) is 13.8. The van der Waals surface area contributed by atoms with Gasteiger partial charge in [-0.2, -0.15) is 0 Å². The average molecular weight is 344 g/mol. The lowest BCUT2D eigenvalue weighted by atomic mass is 9.90. The van der Waals surface area contributed by atoms with Crippen LogP contribution in [0, 0.1) is 11.0 Å². The van der Waals surface area contributed by atoms with Gasteiger partial charge in [0.2, 0.25) is 0 Å². The summed E-state index contributed by atoms with van der Waals surface area (Å²) < 4.78 is 41.7. The number of hydrogen-bond donors (Lipinski definition) is 2.